The van der Waals surface area contributed by atoms with Gasteiger partial charge in [-0.05, 0) is 38.0 Å². The van der Waals surface area contributed by atoms with Crippen molar-refractivity contribution >= 4 is 17.8 Å². The number of carbonyl (C=O) groups is 3. The Morgan fingerprint density at radius 2 is 1.78 bits per heavy atom. The van der Waals surface area contributed by atoms with E-state index in [-0.39, 0.29) is 42.6 Å². The van der Waals surface area contributed by atoms with E-state index in [1.54, 1.807) is 0 Å². The molecule has 126 valence electrons. The molecule has 0 radical (unpaired) electrons. The average molecular weight is 319 g/mol. The molecule has 3 atom stereocenters. The second kappa shape index (κ2) is 7.28. The van der Waals surface area contributed by atoms with Gasteiger partial charge < -0.3 is 4.74 Å². The minimum absolute atomic E-state index is 0.0788. The lowest BCUT2D eigenvalue weighted by Gasteiger charge is -2.19. The number of fused-ring (bicyclic) bond motifs is 1. The molecule has 3 aliphatic rings. The molecule has 0 N–H and O–H groups in total. The van der Waals surface area contributed by atoms with E-state index in [1.807, 2.05) is 0 Å². The number of hydrogen-bond donors (Lipinski definition) is 0. The smallest absolute Gasteiger partial charge is 0.307 e. The third-order valence-corrected chi connectivity index (χ3v) is 5.33. The number of rotatable bonds is 5. The van der Waals surface area contributed by atoms with Crippen molar-refractivity contribution in [2.24, 2.45) is 17.8 Å². The third-order valence-electron chi connectivity index (χ3n) is 5.33. The molecule has 0 aromatic heterocycles. The number of allylic oxidation sites excluding steroid dienone is 2. The van der Waals surface area contributed by atoms with E-state index in [2.05, 4.69) is 12.2 Å². The average Bonchev–Trinajstić information content (AvgIpc) is 2.83. The van der Waals surface area contributed by atoms with E-state index in [0.717, 1.165) is 44.9 Å². The Kier molecular flexibility index (Phi) is 5.13. The van der Waals surface area contributed by atoms with Crippen molar-refractivity contribution in [3.63, 3.8) is 0 Å². The Bertz CT molecular complexity index is 489. The molecule has 3 unspecified atom stereocenters. The van der Waals surface area contributed by atoms with Crippen LogP contribution in [0, 0.1) is 17.8 Å². The monoisotopic (exact) mass is 319 g/mol. The predicted molar refractivity (Wildman–Crippen MR) is 84.2 cm³/mol. The first-order valence-corrected chi connectivity index (χ1v) is 8.82. The quantitative estimate of drug-likeness (QED) is 0.443. The molecule has 1 heterocycles. The van der Waals surface area contributed by atoms with Gasteiger partial charge in [-0.3, -0.25) is 19.3 Å². The first kappa shape index (κ1) is 16.2. The Morgan fingerprint density at radius 1 is 1.09 bits per heavy atom. The normalized spacial score (nSPS) is 30.4. The number of hydrogen-bond acceptors (Lipinski definition) is 4. The number of nitrogens with zero attached hydrogens (tertiary/aromatic N) is 1. The summed E-state index contributed by atoms with van der Waals surface area (Å²) < 4.78 is 5.31. The topological polar surface area (TPSA) is 63.7 Å². The van der Waals surface area contributed by atoms with Crippen molar-refractivity contribution in [1.29, 1.82) is 0 Å². The number of ether oxygens (including phenoxy) is 1. The van der Waals surface area contributed by atoms with Crippen LogP contribution in [0.3, 0.4) is 0 Å². The van der Waals surface area contributed by atoms with Gasteiger partial charge in [0.1, 0.15) is 0 Å². The van der Waals surface area contributed by atoms with Crippen LogP contribution in [0.15, 0.2) is 12.2 Å². The number of amides is 2. The highest BCUT2D eigenvalue weighted by Crippen LogP contribution is 2.37. The van der Waals surface area contributed by atoms with Crippen LogP contribution in [0.5, 0.6) is 0 Å². The molecule has 23 heavy (non-hydrogen) atoms. The molecule has 3 rings (SSSR count). The van der Waals surface area contributed by atoms with E-state index in [1.165, 1.54) is 4.90 Å². The molecule has 1 saturated carbocycles. The summed E-state index contributed by atoms with van der Waals surface area (Å²) in [5, 5.41) is 0. The van der Waals surface area contributed by atoms with Crippen molar-refractivity contribution in [2.75, 3.05) is 13.2 Å². The molecule has 1 aliphatic heterocycles. The fourth-order valence-electron chi connectivity index (χ4n) is 3.95. The van der Waals surface area contributed by atoms with Gasteiger partial charge >= 0.3 is 5.97 Å². The van der Waals surface area contributed by atoms with Crippen molar-refractivity contribution in [3.8, 4) is 0 Å². The molecule has 5 heteroatoms. The molecule has 0 aromatic rings. The molecule has 2 aliphatic carbocycles. The Balaban J connectivity index is 1.44. The maximum Gasteiger partial charge on any atom is 0.307 e. The molecular weight excluding hydrogens is 294 g/mol. The lowest BCUT2D eigenvalue weighted by atomic mass is 9.81. The Hall–Kier alpha value is -1.65. The van der Waals surface area contributed by atoms with Gasteiger partial charge in [0.05, 0.1) is 24.9 Å². The lowest BCUT2D eigenvalue weighted by molar-refractivity contribution is -0.146. The molecular formula is C18H25NO4. The molecule has 0 bridgehead atoms. The molecule has 5 nitrogen and oxygen atoms in total. The number of imide groups is 1. The molecule has 2 fully saturated rings. The minimum atomic E-state index is -0.310. The number of carbonyl (C=O) groups excluding carboxylic acids is 3. The Labute approximate surface area is 137 Å². The largest absolute Gasteiger partial charge is 0.465 e. The zero-order chi connectivity index (χ0) is 16.2. The molecule has 0 spiro atoms. The van der Waals surface area contributed by atoms with E-state index >= 15 is 0 Å². The fraction of sp³-hybridized carbons (Fsp3) is 0.722. The predicted octanol–water partition coefficient (Wildman–Crippen LogP) is 2.45. The van der Waals surface area contributed by atoms with Crippen LogP contribution in [0.1, 0.15) is 51.4 Å². The summed E-state index contributed by atoms with van der Waals surface area (Å²) in [6.45, 7) is 0.615. The van der Waals surface area contributed by atoms with Crippen LogP contribution < -0.4 is 0 Å². The third kappa shape index (κ3) is 3.65. The van der Waals surface area contributed by atoms with Crippen LogP contribution in [-0.4, -0.2) is 35.8 Å². The van der Waals surface area contributed by atoms with Gasteiger partial charge in [-0.15, -0.1) is 0 Å². The standard InChI is InChI=1S/C18H25NO4/c20-16(23-12-13-6-2-1-3-7-13)10-11-19-17(21)14-8-4-5-9-15(14)18(19)22/h1-2,13-15H,3-12H2. The summed E-state index contributed by atoms with van der Waals surface area (Å²) in [7, 11) is 0. The van der Waals surface area contributed by atoms with Crippen molar-refractivity contribution in [3.05, 3.63) is 12.2 Å². The van der Waals surface area contributed by atoms with E-state index in [0.29, 0.717) is 12.5 Å². The van der Waals surface area contributed by atoms with Crippen LogP contribution in [-0.2, 0) is 19.1 Å². The Morgan fingerprint density at radius 3 is 2.39 bits per heavy atom. The first-order chi connectivity index (χ1) is 11.2. The summed E-state index contributed by atoms with van der Waals surface area (Å²) >= 11 is 0. The maximum atomic E-state index is 12.3. The highest BCUT2D eigenvalue weighted by Gasteiger charge is 2.47. The molecule has 2 amide bonds. The highest BCUT2D eigenvalue weighted by atomic mass is 16.5. The minimum Gasteiger partial charge on any atom is -0.465 e. The van der Waals surface area contributed by atoms with Crippen molar-refractivity contribution < 1.29 is 19.1 Å². The van der Waals surface area contributed by atoms with E-state index < -0.39 is 0 Å². The van der Waals surface area contributed by atoms with Crippen LogP contribution >= 0.6 is 0 Å². The maximum absolute atomic E-state index is 12.3. The van der Waals surface area contributed by atoms with Gasteiger partial charge in [0.2, 0.25) is 11.8 Å². The SMILES string of the molecule is O=C(CCN1C(=O)C2CCCCC2C1=O)OCC1CC=CCC1. The molecule has 0 aromatic carbocycles. The zero-order valence-corrected chi connectivity index (χ0v) is 13.5. The first-order valence-electron chi connectivity index (χ1n) is 8.82. The molecule has 1 saturated heterocycles. The van der Waals surface area contributed by atoms with E-state index in [4.69, 9.17) is 4.74 Å². The fourth-order valence-corrected chi connectivity index (χ4v) is 3.95. The van der Waals surface area contributed by atoms with Gasteiger partial charge in [-0.1, -0.05) is 25.0 Å². The lowest BCUT2D eigenvalue weighted by Crippen LogP contribution is -2.33. The van der Waals surface area contributed by atoms with Gasteiger partial charge in [0.15, 0.2) is 0 Å². The summed E-state index contributed by atoms with van der Waals surface area (Å²) in [5.74, 6) is -0.339. The summed E-state index contributed by atoms with van der Waals surface area (Å²) in [4.78, 5) is 37.8. The van der Waals surface area contributed by atoms with Gasteiger partial charge in [0, 0.05) is 6.54 Å². The summed E-state index contributed by atoms with van der Waals surface area (Å²) in [6, 6.07) is 0. The van der Waals surface area contributed by atoms with Gasteiger partial charge in [-0.2, -0.15) is 0 Å². The van der Waals surface area contributed by atoms with Crippen LogP contribution in [0.25, 0.3) is 0 Å². The zero-order valence-electron chi connectivity index (χ0n) is 13.5. The van der Waals surface area contributed by atoms with Gasteiger partial charge in [-0.25, -0.2) is 0 Å². The van der Waals surface area contributed by atoms with Crippen molar-refractivity contribution in [2.45, 2.75) is 51.4 Å². The highest BCUT2D eigenvalue weighted by molar-refractivity contribution is 6.05. The van der Waals surface area contributed by atoms with Crippen molar-refractivity contribution in [1.82, 2.24) is 4.90 Å². The van der Waals surface area contributed by atoms with Crippen LogP contribution in [0.4, 0.5) is 0 Å². The summed E-state index contributed by atoms with van der Waals surface area (Å²) in [5.41, 5.74) is 0. The second-order valence-corrected chi connectivity index (χ2v) is 6.91. The summed E-state index contributed by atoms with van der Waals surface area (Å²) in [6.07, 6.45) is 11.1. The number of esters is 1. The van der Waals surface area contributed by atoms with Gasteiger partial charge in [0.25, 0.3) is 0 Å². The van der Waals surface area contributed by atoms with Crippen LogP contribution in [0.2, 0.25) is 0 Å². The number of likely N-dealkylation sites (tertiary alicyclic amines) is 1. The van der Waals surface area contributed by atoms with E-state index in [9.17, 15) is 14.4 Å². The second-order valence-electron chi connectivity index (χ2n) is 6.91.